The van der Waals surface area contributed by atoms with Crippen molar-refractivity contribution in [3.63, 3.8) is 0 Å². The van der Waals surface area contributed by atoms with Crippen molar-refractivity contribution in [1.29, 1.82) is 0 Å². The Hall–Kier alpha value is -2.16. The first-order valence-electron chi connectivity index (χ1n) is 10.7. The third-order valence-electron chi connectivity index (χ3n) is 6.29. The van der Waals surface area contributed by atoms with Gasteiger partial charge in [0.05, 0.1) is 5.01 Å². The lowest BCUT2D eigenvalue weighted by molar-refractivity contribution is 0.0404. The van der Waals surface area contributed by atoms with Gasteiger partial charge in [0.1, 0.15) is 5.69 Å². The number of fused-ring (bicyclic) bond motifs is 1. The van der Waals surface area contributed by atoms with Crippen LogP contribution in [-0.2, 0) is 6.54 Å². The van der Waals surface area contributed by atoms with Gasteiger partial charge in [0.25, 0.3) is 5.91 Å². The molecule has 8 heteroatoms. The first-order chi connectivity index (χ1) is 14.7. The van der Waals surface area contributed by atoms with E-state index in [9.17, 15) is 4.79 Å². The normalized spacial score (nSPS) is 22.4. The predicted octanol–water partition coefficient (Wildman–Crippen LogP) is 2.60. The zero-order chi connectivity index (χ0) is 20.5. The highest BCUT2D eigenvalue weighted by atomic mass is 32.1. The van der Waals surface area contributed by atoms with Gasteiger partial charge in [-0.15, -0.1) is 11.3 Å². The van der Waals surface area contributed by atoms with Gasteiger partial charge in [-0.05, 0) is 37.5 Å². The predicted molar refractivity (Wildman–Crippen MR) is 115 cm³/mol. The molecule has 7 nitrogen and oxygen atoms in total. The Morgan fingerprint density at radius 2 is 2.00 bits per heavy atom. The molecule has 5 rings (SSSR count). The van der Waals surface area contributed by atoms with Gasteiger partial charge in [-0.2, -0.15) is 0 Å². The molecule has 0 N–H and O–H groups in total. The van der Waals surface area contributed by atoms with Crippen LogP contribution >= 0.6 is 11.3 Å². The molecule has 2 fully saturated rings. The lowest BCUT2D eigenvalue weighted by Crippen LogP contribution is -2.55. The Morgan fingerprint density at radius 3 is 2.80 bits per heavy atom. The summed E-state index contributed by atoms with van der Waals surface area (Å²) >= 11 is 1.54. The SMILES string of the molecule is Cc1nc(C(=O)N2CCC[C@H](N3CCN(Cc4ccc5c(c4)OCO5)CC3)C2)cs1. The first kappa shape index (κ1) is 19.8. The van der Waals surface area contributed by atoms with Crippen LogP contribution in [0.25, 0.3) is 0 Å². The van der Waals surface area contributed by atoms with Crippen molar-refractivity contribution in [3.8, 4) is 11.5 Å². The van der Waals surface area contributed by atoms with Crippen molar-refractivity contribution < 1.29 is 14.3 Å². The maximum atomic E-state index is 12.8. The van der Waals surface area contributed by atoms with Gasteiger partial charge in [0, 0.05) is 57.2 Å². The fraction of sp³-hybridized carbons (Fsp3) is 0.545. The van der Waals surface area contributed by atoms with Crippen molar-refractivity contribution in [2.75, 3.05) is 46.1 Å². The molecule has 30 heavy (non-hydrogen) atoms. The maximum absolute atomic E-state index is 12.8. The Labute approximate surface area is 181 Å². The molecule has 1 aromatic heterocycles. The second-order valence-corrected chi connectivity index (χ2v) is 9.36. The van der Waals surface area contributed by atoms with Crippen molar-refractivity contribution in [3.05, 3.63) is 39.8 Å². The molecule has 0 unspecified atom stereocenters. The molecule has 1 amide bonds. The molecule has 1 atom stereocenters. The number of nitrogens with zero attached hydrogens (tertiary/aromatic N) is 4. The van der Waals surface area contributed by atoms with Crippen LogP contribution in [0.5, 0.6) is 11.5 Å². The number of ether oxygens (including phenoxy) is 2. The van der Waals surface area contributed by atoms with Crippen molar-refractivity contribution in [2.24, 2.45) is 0 Å². The van der Waals surface area contributed by atoms with Crippen molar-refractivity contribution in [2.45, 2.75) is 32.4 Å². The molecule has 0 aliphatic carbocycles. The number of aromatic nitrogens is 1. The molecule has 4 heterocycles. The first-order valence-corrected chi connectivity index (χ1v) is 11.6. The molecular formula is C22H28N4O3S. The average Bonchev–Trinajstić information content (AvgIpc) is 3.42. The van der Waals surface area contributed by atoms with Crippen molar-refractivity contribution in [1.82, 2.24) is 19.7 Å². The standard InChI is InChI=1S/C22H28N4O3S/c1-16-23-19(14-30-16)22(27)26-6-2-3-18(13-26)25-9-7-24(8-10-25)12-17-4-5-20-21(11-17)29-15-28-20/h4-5,11,14,18H,2-3,6-10,12-13,15H2,1H3/t18-/m0/s1. The summed E-state index contributed by atoms with van der Waals surface area (Å²) in [4.78, 5) is 24.3. The molecule has 0 bridgehead atoms. The van der Waals surface area contributed by atoms with Gasteiger partial charge in [0.2, 0.25) is 6.79 Å². The van der Waals surface area contributed by atoms with Crippen molar-refractivity contribution >= 4 is 17.2 Å². The Bertz CT molecular complexity index is 910. The quantitative estimate of drug-likeness (QED) is 0.746. The minimum absolute atomic E-state index is 0.0884. The largest absolute Gasteiger partial charge is 0.454 e. The van der Waals surface area contributed by atoms with Crippen LogP contribution in [0.3, 0.4) is 0 Å². The number of carbonyl (C=O) groups excluding carboxylic acids is 1. The molecule has 1 aromatic carbocycles. The monoisotopic (exact) mass is 428 g/mol. The summed E-state index contributed by atoms with van der Waals surface area (Å²) in [5.41, 5.74) is 1.87. The zero-order valence-electron chi connectivity index (χ0n) is 17.4. The number of hydrogen-bond donors (Lipinski definition) is 0. The van der Waals surface area contributed by atoms with Crippen LogP contribution in [0.15, 0.2) is 23.6 Å². The summed E-state index contributed by atoms with van der Waals surface area (Å²) in [6, 6.07) is 6.69. The van der Waals surface area contributed by atoms with Gasteiger partial charge in [-0.25, -0.2) is 4.98 Å². The van der Waals surface area contributed by atoms with E-state index in [1.54, 1.807) is 11.3 Å². The van der Waals surface area contributed by atoms with E-state index < -0.39 is 0 Å². The second kappa shape index (κ2) is 8.53. The van der Waals surface area contributed by atoms with Gasteiger partial charge in [0.15, 0.2) is 11.5 Å². The minimum atomic E-state index is 0.0884. The molecule has 0 spiro atoms. The van der Waals surface area contributed by atoms with Gasteiger partial charge in [-0.1, -0.05) is 6.07 Å². The number of thiazole rings is 1. The lowest BCUT2D eigenvalue weighted by Gasteiger charge is -2.43. The zero-order valence-corrected chi connectivity index (χ0v) is 18.2. The van der Waals surface area contributed by atoms with E-state index in [4.69, 9.17) is 9.47 Å². The number of aryl methyl sites for hydroxylation is 1. The lowest BCUT2D eigenvalue weighted by atomic mass is 10.0. The van der Waals surface area contributed by atoms with E-state index in [1.165, 1.54) is 12.0 Å². The van der Waals surface area contributed by atoms with Gasteiger partial charge >= 0.3 is 0 Å². The molecule has 2 aromatic rings. The van der Waals surface area contributed by atoms with E-state index in [1.807, 2.05) is 23.3 Å². The average molecular weight is 429 g/mol. The van der Waals surface area contributed by atoms with E-state index in [0.717, 1.165) is 68.7 Å². The molecule has 3 aliphatic rings. The fourth-order valence-corrected chi connectivity index (χ4v) is 5.23. The third kappa shape index (κ3) is 4.17. The summed E-state index contributed by atoms with van der Waals surface area (Å²) in [6.07, 6.45) is 2.24. The number of hydrogen-bond acceptors (Lipinski definition) is 7. The van der Waals surface area contributed by atoms with Gasteiger partial charge < -0.3 is 14.4 Å². The number of piperazine rings is 1. The fourth-order valence-electron chi connectivity index (χ4n) is 4.64. The maximum Gasteiger partial charge on any atom is 0.273 e. The van der Waals surface area contributed by atoms with E-state index in [2.05, 4.69) is 26.9 Å². The Kier molecular flexibility index (Phi) is 5.62. The van der Waals surface area contributed by atoms with Crippen LogP contribution in [0.1, 0.15) is 33.9 Å². The van der Waals surface area contributed by atoms with Crippen LogP contribution in [0, 0.1) is 6.92 Å². The number of likely N-dealkylation sites (tertiary alicyclic amines) is 1. The highest BCUT2D eigenvalue weighted by Crippen LogP contribution is 2.33. The number of rotatable bonds is 4. The highest BCUT2D eigenvalue weighted by molar-refractivity contribution is 7.09. The number of piperidine rings is 1. The molecule has 0 radical (unpaired) electrons. The number of benzene rings is 1. The molecule has 2 saturated heterocycles. The summed E-state index contributed by atoms with van der Waals surface area (Å²) in [5.74, 6) is 1.78. The number of carbonyl (C=O) groups is 1. The topological polar surface area (TPSA) is 58.1 Å². The summed E-state index contributed by atoms with van der Waals surface area (Å²) < 4.78 is 10.9. The number of amides is 1. The summed E-state index contributed by atoms with van der Waals surface area (Å²) in [7, 11) is 0. The van der Waals surface area contributed by atoms with E-state index in [0.29, 0.717) is 18.5 Å². The van der Waals surface area contributed by atoms with Crippen LogP contribution < -0.4 is 9.47 Å². The van der Waals surface area contributed by atoms with Crippen LogP contribution in [0.4, 0.5) is 0 Å². The summed E-state index contributed by atoms with van der Waals surface area (Å²) in [6.45, 7) is 9.05. The molecule has 160 valence electrons. The minimum Gasteiger partial charge on any atom is -0.454 e. The van der Waals surface area contributed by atoms with Gasteiger partial charge in [-0.3, -0.25) is 14.6 Å². The van der Waals surface area contributed by atoms with Crippen LogP contribution in [-0.4, -0.2) is 77.7 Å². The van der Waals surface area contributed by atoms with E-state index >= 15 is 0 Å². The van der Waals surface area contributed by atoms with E-state index in [-0.39, 0.29) is 5.91 Å². The Morgan fingerprint density at radius 1 is 1.17 bits per heavy atom. The molecule has 3 aliphatic heterocycles. The highest BCUT2D eigenvalue weighted by Gasteiger charge is 2.31. The molecule has 0 saturated carbocycles. The molecular weight excluding hydrogens is 400 g/mol. The second-order valence-electron chi connectivity index (χ2n) is 8.30. The van der Waals surface area contributed by atoms with Crippen LogP contribution in [0.2, 0.25) is 0 Å². The Balaban J connectivity index is 1.14. The summed E-state index contributed by atoms with van der Waals surface area (Å²) in [5, 5.41) is 2.83. The smallest absolute Gasteiger partial charge is 0.273 e. The third-order valence-corrected chi connectivity index (χ3v) is 7.06.